The average Bonchev–Trinajstić information content (AvgIpc) is 2.32. The summed E-state index contributed by atoms with van der Waals surface area (Å²) in [7, 11) is 0. The van der Waals surface area contributed by atoms with E-state index in [1.165, 1.54) is 12.1 Å². The summed E-state index contributed by atoms with van der Waals surface area (Å²) in [4.78, 5) is 13.0. The van der Waals surface area contributed by atoms with Crippen LogP contribution in [0.25, 0.3) is 0 Å². The Morgan fingerprint density at radius 1 is 1.37 bits per heavy atom. The second kappa shape index (κ2) is 5.02. The summed E-state index contributed by atoms with van der Waals surface area (Å²) < 4.78 is 38.9. The molecule has 3 nitrogen and oxygen atoms in total. The Labute approximate surface area is 113 Å². The number of amides is 1. The van der Waals surface area contributed by atoms with Gasteiger partial charge in [-0.05, 0) is 31.0 Å². The van der Waals surface area contributed by atoms with E-state index in [0.717, 1.165) is 11.0 Å². The zero-order chi connectivity index (χ0) is 14.2. The molecule has 104 valence electrons. The highest BCUT2D eigenvalue weighted by molar-refractivity contribution is 6.30. The normalized spacial score (nSPS) is 20.8. The van der Waals surface area contributed by atoms with E-state index in [9.17, 15) is 18.0 Å². The fourth-order valence-corrected chi connectivity index (χ4v) is 2.29. The first-order valence-corrected chi connectivity index (χ1v) is 6.12. The fraction of sp³-hybridized carbons (Fsp3) is 0.417. The molecule has 0 aromatic heterocycles. The lowest BCUT2D eigenvalue weighted by Gasteiger charge is -2.32. The van der Waals surface area contributed by atoms with Crippen molar-refractivity contribution in [3.8, 4) is 0 Å². The van der Waals surface area contributed by atoms with Crippen molar-refractivity contribution in [1.82, 2.24) is 0 Å². The van der Waals surface area contributed by atoms with Gasteiger partial charge < -0.3 is 10.6 Å². The Morgan fingerprint density at radius 3 is 2.68 bits per heavy atom. The van der Waals surface area contributed by atoms with E-state index in [2.05, 4.69) is 0 Å². The summed E-state index contributed by atoms with van der Waals surface area (Å²) >= 11 is 5.60. The number of alkyl halides is 3. The maximum Gasteiger partial charge on any atom is 0.418 e. The number of piperidine rings is 1. The summed E-state index contributed by atoms with van der Waals surface area (Å²) in [5.74, 6) is -0.487. The van der Waals surface area contributed by atoms with Crippen LogP contribution in [0.4, 0.5) is 18.9 Å². The number of anilines is 1. The van der Waals surface area contributed by atoms with Gasteiger partial charge in [0, 0.05) is 11.6 Å². The number of rotatable bonds is 1. The molecule has 1 atom stereocenters. The number of hydrogen-bond donors (Lipinski definition) is 1. The van der Waals surface area contributed by atoms with Crippen LogP contribution >= 0.6 is 11.6 Å². The van der Waals surface area contributed by atoms with E-state index >= 15 is 0 Å². The van der Waals surface area contributed by atoms with Crippen molar-refractivity contribution in [1.29, 1.82) is 0 Å². The molecule has 1 aliphatic heterocycles. The molecule has 1 aromatic rings. The van der Waals surface area contributed by atoms with Gasteiger partial charge in [-0.25, -0.2) is 0 Å². The molecule has 1 fully saturated rings. The van der Waals surface area contributed by atoms with Gasteiger partial charge in [0.2, 0.25) is 5.91 Å². The molecule has 1 amide bonds. The minimum atomic E-state index is -4.57. The fourth-order valence-electron chi connectivity index (χ4n) is 2.11. The third-order valence-corrected chi connectivity index (χ3v) is 3.27. The van der Waals surface area contributed by atoms with Crippen LogP contribution < -0.4 is 10.6 Å². The van der Waals surface area contributed by atoms with E-state index in [1.54, 1.807) is 0 Å². The van der Waals surface area contributed by atoms with Crippen LogP contribution in [0.1, 0.15) is 18.4 Å². The van der Waals surface area contributed by atoms with Gasteiger partial charge in [-0.15, -0.1) is 0 Å². The van der Waals surface area contributed by atoms with Gasteiger partial charge in [-0.1, -0.05) is 11.6 Å². The molecule has 0 spiro atoms. The Kier molecular flexibility index (Phi) is 3.73. The molecule has 0 aliphatic carbocycles. The smallest absolute Gasteiger partial charge is 0.320 e. The topological polar surface area (TPSA) is 46.3 Å². The molecule has 19 heavy (non-hydrogen) atoms. The van der Waals surface area contributed by atoms with Crippen molar-refractivity contribution in [2.24, 2.45) is 5.73 Å². The van der Waals surface area contributed by atoms with Crippen molar-refractivity contribution >= 4 is 23.2 Å². The van der Waals surface area contributed by atoms with Gasteiger partial charge in [0.15, 0.2) is 0 Å². The van der Waals surface area contributed by atoms with Crippen molar-refractivity contribution in [2.45, 2.75) is 25.1 Å². The molecule has 1 heterocycles. The highest BCUT2D eigenvalue weighted by Gasteiger charge is 2.38. The van der Waals surface area contributed by atoms with Crippen LogP contribution in [0.3, 0.4) is 0 Å². The maximum absolute atomic E-state index is 13.0. The second-order valence-electron chi connectivity index (χ2n) is 4.40. The van der Waals surface area contributed by atoms with Crippen molar-refractivity contribution in [3.63, 3.8) is 0 Å². The van der Waals surface area contributed by atoms with Gasteiger partial charge in [0.25, 0.3) is 0 Å². The second-order valence-corrected chi connectivity index (χ2v) is 4.83. The SMILES string of the molecule is NC1CCCN(c2ccc(Cl)cc2C(F)(F)F)C1=O. The first-order chi connectivity index (χ1) is 8.80. The highest BCUT2D eigenvalue weighted by atomic mass is 35.5. The molecule has 7 heteroatoms. The molecule has 2 rings (SSSR count). The minimum Gasteiger partial charge on any atom is -0.320 e. The quantitative estimate of drug-likeness (QED) is 0.865. The third-order valence-electron chi connectivity index (χ3n) is 3.03. The molecule has 1 saturated heterocycles. The van der Waals surface area contributed by atoms with E-state index in [0.29, 0.717) is 12.8 Å². The molecule has 0 saturated carbocycles. The minimum absolute atomic E-state index is 0.0233. The lowest BCUT2D eigenvalue weighted by molar-refractivity contribution is -0.137. The zero-order valence-corrected chi connectivity index (χ0v) is 10.6. The lowest BCUT2D eigenvalue weighted by atomic mass is 10.0. The summed E-state index contributed by atoms with van der Waals surface area (Å²) in [6, 6.07) is 2.62. The van der Waals surface area contributed by atoms with Crippen molar-refractivity contribution in [3.05, 3.63) is 28.8 Å². The highest BCUT2D eigenvalue weighted by Crippen LogP contribution is 2.39. The molecule has 1 unspecified atom stereocenters. The van der Waals surface area contributed by atoms with Crippen LogP contribution in [0.15, 0.2) is 18.2 Å². The maximum atomic E-state index is 13.0. The number of hydrogen-bond acceptors (Lipinski definition) is 2. The lowest BCUT2D eigenvalue weighted by Crippen LogP contribution is -2.49. The molecular formula is C12H12ClF3N2O. The summed E-state index contributed by atoms with van der Waals surface area (Å²) in [6.07, 6.45) is -3.50. The third kappa shape index (κ3) is 2.84. The van der Waals surface area contributed by atoms with Gasteiger partial charge >= 0.3 is 6.18 Å². The largest absolute Gasteiger partial charge is 0.418 e. The predicted molar refractivity (Wildman–Crippen MR) is 66.0 cm³/mol. The van der Waals surface area contributed by atoms with Crippen LogP contribution in [0, 0.1) is 0 Å². The van der Waals surface area contributed by atoms with Gasteiger partial charge in [0.1, 0.15) is 0 Å². The van der Waals surface area contributed by atoms with E-state index in [4.69, 9.17) is 17.3 Å². The first-order valence-electron chi connectivity index (χ1n) is 5.74. The molecule has 1 aliphatic rings. The number of carbonyl (C=O) groups is 1. The van der Waals surface area contributed by atoms with Gasteiger partial charge in [-0.3, -0.25) is 4.79 Å². The van der Waals surface area contributed by atoms with Crippen LogP contribution in [-0.2, 0) is 11.0 Å². The summed E-state index contributed by atoms with van der Waals surface area (Å²) in [5.41, 5.74) is 4.50. The van der Waals surface area contributed by atoms with Crippen LogP contribution in [0.2, 0.25) is 5.02 Å². The molecule has 1 aromatic carbocycles. The van der Waals surface area contributed by atoms with E-state index in [-0.39, 0.29) is 17.3 Å². The number of nitrogens with two attached hydrogens (primary N) is 1. The average molecular weight is 293 g/mol. The molecule has 2 N–H and O–H groups in total. The van der Waals surface area contributed by atoms with Crippen LogP contribution in [-0.4, -0.2) is 18.5 Å². The van der Waals surface area contributed by atoms with Gasteiger partial charge in [-0.2, -0.15) is 13.2 Å². The molecular weight excluding hydrogens is 281 g/mol. The predicted octanol–water partition coefficient (Wildman–Crippen LogP) is 2.81. The first kappa shape index (κ1) is 14.1. The number of benzene rings is 1. The van der Waals surface area contributed by atoms with Crippen molar-refractivity contribution in [2.75, 3.05) is 11.4 Å². The van der Waals surface area contributed by atoms with Gasteiger partial charge in [0.05, 0.1) is 17.3 Å². The van der Waals surface area contributed by atoms with Crippen LogP contribution in [0.5, 0.6) is 0 Å². The number of carbonyl (C=O) groups excluding carboxylic acids is 1. The van der Waals surface area contributed by atoms with E-state index in [1.807, 2.05) is 0 Å². The number of halogens is 4. The molecule has 0 bridgehead atoms. The Balaban J connectivity index is 2.47. The zero-order valence-electron chi connectivity index (χ0n) is 9.88. The number of nitrogens with zero attached hydrogens (tertiary/aromatic N) is 1. The van der Waals surface area contributed by atoms with E-state index < -0.39 is 23.7 Å². The Morgan fingerprint density at radius 2 is 2.05 bits per heavy atom. The van der Waals surface area contributed by atoms with Crippen molar-refractivity contribution < 1.29 is 18.0 Å². The Bertz CT molecular complexity index is 504. The Hall–Kier alpha value is -1.27. The molecule has 0 radical (unpaired) electrons. The monoisotopic (exact) mass is 292 g/mol. The standard InChI is InChI=1S/C12H12ClF3N2O/c13-7-3-4-10(8(6-7)12(14,15)16)18-5-1-2-9(17)11(18)19/h3-4,6,9H,1-2,5,17H2. The summed E-state index contributed by atoms with van der Waals surface area (Å²) in [5, 5.41) is -0.0233. The summed E-state index contributed by atoms with van der Waals surface area (Å²) in [6.45, 7) is 0.233.